The predicted octanol–water partition coefficient (Wildman–Crippen LogP) is 3.07. The van der Waals surface area contributed by atoms with Gasteiger partial charge in [0.1, 0.15) is 17.8 Å². The lowest BCUT2D eigenvalue weighted by atomic mass is 9.84. The standard InChI is InChI=1S/C29H34ClN5O4/c1-29(2)18-34(19-29)25(36)17-35-26-22(12-21(15-31-26)16-33-8-3-10-39-11-9-33)13-24(28(35)38)27(37)32-14-20-4-6-23(30)7-5-20/h4-7,12-13,15H,3,8-11,14,16-19H2,1-2H3,(H,32,37). The molecule has 3 aromatic rings. The summed E-state index contributed by atoms with van der Waals surface area (Å²) in [6.07, 6.45) is 2.72. The number of amides is 2. The van der Waals surface area contributed by atoms with E-state index in [1.807, 2.05) is 18.2 Å². The quantitative estimate of drug-likeness (QED) is 0.485. The van der Waals surface area contributed by atoms with E-state index >= 15 is 0 Å². The van der Waals surface area contributed by atoms with Gasteiger partial charge in [-0.3, -0.25) is 23.9 Å². The van der Waals surface area contributed by atoms with Crippen molar-refractivity contribution in [2.75, 3.05) is 39.4 Å². The van der Waals surface area contributed by atoms with Gasteiger partial charge >= 0.3 is 0 Å². The van der Waals surface area contributed by atoms with Crippen molar-refractivity contribution in [1.82, 2.24) is 24.7 Å². The number of likely N-dealkylation sites (tertiary alicyclic amines) is 1. The van der Waals surface area contributed by atoms with Crippen LogP contribution in [-0.2, 0) is 29.2 Å². The molecule has 1 aromatic carbocycles. The molecule has 0 unspecified atom stereocenters. The number of hydrogen-bond donors (Lipinski definition) is 1. The summed E-state index contributed by atoms with van der Waals surface area (Å²) >= 11 is 5.96. The molecule has 9 nitrogen and oxygen atoms in total. The minimum absolute atomic E-state index is 0.0182. The molecule has 0 bridgehead atoms. The zero-order chi connectivity index (χ0) is 27.6. The van der Waals surface area contributed by atoms with Gasteiger partial charge in [0.2, 0.25) is 5.91 Å². The molecule has 1 N–H and O–H groups in total. The molecular weight excluding hydrogens is 518 g/mol. The van der Waals surface area contributed by atoms with E-state index in [0.717, 1.165) is 37.2 Å². The molecule has 2 amide bonds. The lowest BCUT2D eigenvalue weighted by molar-refractivity contribution is -0.142. The fourth-order valence-corrected chi connectivity index (χ4v) is 5.33. The summed E-state index contributed by atoms with van der Waals surface area (Å²) in [4.78, 5) is 48.5. The first-order valence-corrected chi connectivity index (χ1v) is 13.7. The first-order valence-electron chi connectivity index (χ1n) is 13.3. The van der Waals surface area contributed by atoms with Crippen LogP contribution in [0.3, 0.4) is 0 Å². The van der Waals surface area contributed by atoms with Gasteiger partial charge in [-0.05, 0) is 47.2 Å². The second kappa shape index (κ2) is 11.5. The van der Waals surface area contributed by atoms with Crippen LogP contribution in [0.25, 0.3) is 11.0 Å². The first-order chi connectivity index (χ1) is 18.7. The Labute approximate surface area is 232 Å². The molecule has 0 radical (unpaired) electrons. The number of hydrogen-bond acceptors (Lipinski definition) is 6. The van der Waals surface area contributed by atoms with E-state index in [9.17, 15) is 14.4 Å². The molecule has 0 spiro atoms. The number of nitrogens with one attached hydrogen (secondary N) is 1. The normalized spacial score (nSPS) is 17.5. The average Bonchev–Trinajstić information content (AvgIpc) is 3.16. The zero-order valence-corrected chi connectivity index (χ0v) is 23.2. The largest absolute Gasteiger partial charge is 0.380 e. The molecule has 0 saturated carbocycles. The van der Waals surface area contributed by atoms with Crippen LogP contribution in [0.4, 0.5) is 0 Å². The average molecular weight is 552 g/mol. The summed E-state index contributed by atoms with van der Waals surface area (Å²) in [6.45, 7) is 9.44. The smallest absolute Gasteiger partial charge is 0.265 e. The van der Waals surface area contributed by atoms with Crippen LogP contribution < -0.4 is 10.9 Å². The van der Waals surface area contributed by atoms with E-state index in [2.05, 4.69) is 29.0 Å². The number of carbonyl (C=O) groups is 2. The van der Waals surface area contributed by atoms with Crippen molar-refractivity contribution in [2.45, 2.75) is 39.9 Å². The zero-order valence-electron chi connectivity index (χ0n) is 22.4. The van der Waals surface area contributed by atoms with Crippen LogP contribution in [0, 0.1) is 5.41 Å². The highest BCUT2D eigenvalue weighted by Crippen LogP contribution is 2.29. The Bertz CT molecular complexity index is 1420. The summed E-state index contributed by atoms with van der Waals surface area (Å²) < 4.78 is 6.90. The molecular formula is C29H34ClN5O4. The van der Waals surface area contributed by atoms with Crippen LogP contribution in [0.1, 0.15) is 41.8 Å². The van der Waals surface area contributed by atoms with Crippen LogP contribution in [-0.4, -0.2) is 70.6 Å². The Kier molecular flexibility index (Phi) is 8.02. The van der Waals surface area contributed by atoms with E-state index in [4.69, 9.17) is 16.3 Å². The van der Waals surface area contributed by atoms with Crippen molar-refractivity contribution in [3.63, 3.8) is 0 Å². The molecule has 39 heavy (non-hydrogen) atoms. The highest BCUT2D eigenvalue weighted by Gasteiger charge is 2.37. The Balaban J connectivity index is 1.45. The predicted molar refractivity (Wildman–Crippen MR) is 150 cm³/mol. The monoisotopic (exact) mass is 551 g/mol. The Morgan fingerprint density at radius 3 is 2.59 bits per heavy atom. The summed E-state index contributed by atoms with van der Waals surface area (Å²) in [5.74, 6) is -0.662. The van der Waals surface area contributed by atoms with E-state index in [-0.39, 0.29) is 30.0 Å². The van der Waals surface area contributed by atoms with Gasteiger partial charge in [0, 0.05) is 62.5 Å². The van der Waals surface area contributed by atoms with E-state index in [1.165, 1.54) is 4.57 Å². The van der Waals surface area contributed by atoms with E-state index in [0.29, 0.717) is 42.3 Å². The van der Waals surface area contributed by atoms with Gasteiger partial charge in [0.05, 0.1) is 6.61 Å². The van der Waals surface area contributed by atoms with Gasteiger partial charge in [0.25, 0.3) is 11.5 Å². The maximum atomic E-state index is 13.6. The number of nitrogens with zero attached hydrogens (tertiary/aromatic N) is 4. The molecule has 2 fully saturated rings. The lowest BCUT2D eigenvalue weighted by Crippen LogP contribution is -2.56. The minimum Gasteiger partial charge on any atom is -0.380 e. The summed E-state index contributed by atoms with van der Waals surface area (Å²) in [7, 11) is 0. The number of ether oxygens (including phenoxy) is 1. The fraction of sp³-hybridized carbons (Fsp3) is 0.448. The fourth-order valence-electron chi connectivity index (χ4n) is 5.20. The molecule has 0 atom stereocenters. The van der Waals surface area contributed by atoms with Crippen LogP contribution in [0.15, 0.2) is 47.4 Å². The topological polar surface area (TPSA) is 96.8 Å². The summed E-state index contributed by atoms with van der Waals surface area (Å²) in [5.41, 5.74) is 1.74. The number of aromatic nitrogens is 2. The maximum absolute atomic E-state index is 13.6. The number of fused-ring (bicyclic) bond motifs is 1. The van der Waals surface area contributed by atoms with Gasteiger partial charge in [-0.1, -0.05) is 37.6 Å². The number of carbonyl (C=O) groups excluding carboxylic acids is 2. The van der Waals surface area contributed by atoms with Gasteiger partial charge in [0.15, 0.2) is 0 Å². The number of pyridine rings is 2. The van der Waals surface area contributed by atoms with E-state index in [1.54, 1.807) is 29.3 Å². The van der Waals surface area contributed by atoms with Crippen molar-refractivity contribution in [2.24, 2.45) is 5.41 Å². The molecule has 5 rings (SSSR count). The van der Waals surface area contributed by atoms with Crippen molar-refractivity contribution in [1.29, 1.82) is 0 Å². The molecule has 0 aliphatic carbocycles. The maximum Gasteiger partial charge on any atom is 0.265 e. The number of benzene rings is 1. The van der Waals surface area contributed by atoms with Gasteiger partial charge in [-0.15, -0.1) is 0 Å². The van der Waals surface area contributed by atoms with Gasteiger partial charge in [-0.25, -0.2) is 4.98 Å². The SMILES string of the molecule is CC1(C)CN(C(=O)Cn2c(=O)c(C(=O)NCc3ccc(Cl)cc3)cc3cc(CN4CCCOCC4)cnc32)C1. The van der Waals surface area contributed by atoms with Crippen molar-refractivity contribution >= 4 is 34.4 Å². The second-order valence-corrected chi connectivity index (χ2v) is 11.6. The highest BCUT2D eigenvalue weighted by atomic mass is 35.5. The third kappa shape index (κ3) is 6.49. The number of halogens is 1. The van der Waals surface area contributed by atoms with Gasteiger partial charge in [-0.2, -0.15) is 0 Å². The molecule has 206 valence electrons. The third-order valence-electron chi connectivity index (χ3n) is 7.20. The second-order valence-electron chi connectivity index (χ2n) is 11.2. The molecule has 2 aliphatic heterocycles. The lowest BCUT2D eigenvalue weighted by Gasteiger charge is -2.45. The first kappa shape index (κ1) is 27.3. The van der Waals surface area contributed by atoms with E-state index < -0.39 is 11.5 Å². The Morgan fingerprint density at radius 2 is 1.85 bits per heavy atom. The molecule has 2 saturated heterocycles. The molecule has 10 heteroatoms. The molecule has 2 aromatic heterocycles. The Hall–Kier alpha value is -3.27. The van der Waals surface area contributed by atoms with Crippen LogP contribution in [0.2, 0.25) is 5.02 Å². The van der Waals surface area contributed by atoms with Crippen LogP contribution in [0.5, 0.6) is 0 Å². The highest BCUT2D eigenvalue weighted by molar-refractivity contribution is 6.30. The van der Waals surface area contributed by atoms with Crippen molar-refractivity contribution in [3.8, 4) is 0 Å². The summed E-state index contributed by atoms with van der Waals surface area (Å²) in [6, 6.07) is 10.7. The minimum atomic E-state index is -0.533. The number of rotatable bonds is 7. The molecule has 4 heterocycles. The van der Waals surface area contributed by atoms with Crippen LogP contribution >= 0.6 is 11.6 Å². The van der Waals surface area contributed by atoms with Crippen molar-refractivity contribution in [3.05, 3.63) is 74.7 Å². The summed E-state index contributed by atoms with van der Waals surface area (Å²) in [5, 5.41) is 4.08. The third-order valence-corrected chi connectivity index (χ3v) is 7.45. The Morgan fingerprint density at radius 1 is 1.08 bits per heavy atom. The molecule has 2 aliphatic rings. The van der Waals surface area contributed by atoms with Gasteiger partial charge < -0.3 is 15.0 Å². The van der Waals surface area contributed by atoms with Crippen molar-refractivity contribution < 1.29 is 14.3 Å².